The van der Waals surface area contributed by atoms with Crippen molar-refractivity contribution >= 4 is 5.97 Å². The first-order valence-corrected chi connectivity index (χ1v) is 3.97. The minimum absolute atomic E-state index is 0.0473. The Balaban J connectivity index is 2.74. The lowest BCUT2D eigenvalue weighted by Crippen LogP contribution is -2.21. The molecule has 66 valence electrons. The minimum Gasteiger partial charge on any atom is -0.481 e. The maximum Gasteiger partial charge on any atom is 0.310 e. The standard InChI is InChI=1S/C9H13NO2/c1-6-4-7(5-10)2-3-8(6)9(11)12/h2-4,6,8H,5,10H2,1H3,(H,11,12). The Hall–Kier alpha value is -1.09. The lowest BCUT2D eigenvalue weighted by molar-refractivity contribution is -0.141. The monoisotopic (exact) mass is 167 g/mol. The number of hydrogen-bond donors (Lipinski definition) is 2. The zero-order valence-corrected chi connectivity index (χ0v) is 7.03. The molecule has 3 N–H and O–H groups in total. The Morgan fingerprint density at radius 1 is 1.75 bits per heavy atom. The van der Waals surface area contributed by atoms with E-state index in [1.165, 1.54) is 0 Å². The van der Waals surface area contributed by atoms with E-state index in [0.29, 0.717) is 6.54 Å². The van der Waals surface area contributed by atoms with E-state index >= 15 is 0 Å². The molecule has 12 heavy (non-hydrogen) atoms. The van der Waals surface area contributed by atoms with Gasteiger partial charge < -0.3 is 10.8 Å². The second kappa shape index (κ2) is 3.54. The van der Waals surface area contributed by atoms with Crippen molar-refractivity contribution in [2.45, 2.75) is 6.92 Å². The molecule has 3 nitrogen and oxygen atoms in total. The van der Waals surface area contributed by atoms with Crippen LogP contribution in [0.4, 0.5) is 0 Å². The van der Waals surface area contributed by atoms with Gasteiger partial charge in [-0.1, -0.05) is 25.2 Å². The summed E-state index contributed by atoms with van der Waals surface area (Å²) in [5.41, 5.74) is 6.43. The molecule has 0 saturated carbocycles. The average molecular weight is 167 g/mol. The van der Waals surface area contributed by atoms with E-state index in [-0.39, 0.29) is 11.8 Å². The largest absolute Gasteiger partial charge is 0.481 e. The first kappa shape index (κ1) is 9.00. The van der Waals surface area contributed by atoms with Gasteiger partial charge in [0.1, 0.15) is 0 Å². The fourth-order valence-corrected chi connectivity index (χ4v) is 1.34. The average Bonchev–Trinajstić information content (AvgIpc) is 2.03. The highest BCUT2D eigenvalue weighted by molar-refractivity contribution is 5.73. The lowest BCUT2D eigenvalue weighted by Gasteiger charge is -2.18. The van der Waals surface area contributed by atoms with Crippen LogP contribution in [0.25, 0.3) is 0 Å². The van der Waals surface area contributed by atoms with Crippen molar-refractivity contribution in [2.24, 2.45) is 17.6 Å². The van der Waals surface area contributed by atoms with Crippen LogP contribution in [-0.4, -0.2) is 17.6 Å². The van der Waals surface area contributed by atoms with Crippen LogP contribution in [0.3, 0.4) is 0 Å². The van der Waals surface area contributed by atoms with Crippen molar-refractivity contribution in [3.63, 3.8) is 0 Å². The zero-order valence-electron chi connectivity index (χ0n) is 7.03. The SMILES string of the molecule is CC1C=C(CN)C=CC1C(=O)O. The predicted molar refractivity (Wildman–Crippen MR) is 46.6 cm³/mol. The van der Waals surface area contributed by atoms with Crippen molar-refractivity contribution < 1.29 is 9.90 Å². The molecule has 1 aliphatic carbocycles. The van der Waals surface area contributed by atoms with Crippen molar-refractivity contribution in [3.8, 4) is 0 Å². The van der Waals surface area contributed by atoms with Gasteiger partial charge >= 0.3 is 5.97 Å². The molecule has 1 aliphatic rings. The van der Waals surface area contributed by atoms with Crippen molar-refractivity contribution in [3.05, 3.63) is 23.8 Å². The van der Waals surface area contributed by atoms with Gasteiger partial charge in [-0.25, -0.2) is 0 Å². The number of aliphatic carboxylic acids is 1. The number of hydrogen-bond acceptors (Lipinski definition) is 2. The van der Waals surface area contributed by atoms with E-state index in [9.17, 15) is 4.79 Å². The first-order chi connectivity index (χ1) is 5.65. The quantitative estimate of drug-likeness (QED) is 0.638. The summed E-state index contributed by atoms with van der Waals surface area (Å²) in [6, 6.07) is 0. The van der Waals surface area contributed by atoms with E-state index in [2.05, 4.69) is 0 Å². The summed E-state index contributed by atoms with van der Waals surface area (Å²) in [6.45, 7) is 2.37. The third-order valence-corrected chi connectivity index (χ3v) is 2.08. The van der Waals surface area contributed by atoms with E-state index in [4.69, 9.17) is 10.8 Å². The Bertz CT molecular complexity index is 243. The Labute approximate surface area is 71.6 Å². The molecule has 1 rings (SSSR count). The minimum atomic E-state index is -0.772. The van der Waals surface area contributed by atoms with Gasteiger partial charge in [0.2, 0.25) is 0 Å². The van der Waals surface area contributed by atoms with Crippen molar-refractivity contribution in [1.82, 2.24) is 0 Å². The van der Waals surface area contributed by atoms with Gasteiger partial charge in [-0.05, 0) is 11.5 Å². The van der Waals surface area contributed by atoms with Gasteiger partial charge in [-0.2, -0.15) is 0 Å². The molecular weight excluding hydrogens is 154 g/mol. The van der Waals surface area contributed by atoms with Crippen molar-refractivity contribution in [1.29, 1.82) is 0 Å². The summed E-state index contributed by atoms with van der Waals surface area (Å²) in [7, 11) is 0. The zero-order chi connectivity index (χ0) is 9.14. The molecule has 0 radical (unpaired) electrons. The van der Waals surface area contributed by atoms with E-state index in [0.717, 1.165) is 5.57 Å². The highest BCUT2D eigenvalue weighted by Crippen LogP contribution is 2.22. The first-order valence-electron chi connectivity index (χ1n) is 3.97. The molecular formula is C9H13NO2. The van der Waals surface area contributed by atoms with Crippen LogP contribution in [0, 0.1) is 11.8 Å². The maximum atomic E-state index is 10.6. The van der Waals surface area contributed by atoms with Crippen LogP contribution in [0.5, 0.6) is 0 Å². The normalized spacial score (nSPS) is 28.3. The Kier molecular flexibility index (Phi) is 2.65. The fourth-order valence-electron chi connectivity index (χ4n) is 1.34. The summed E-state index contributed by atoms with van der Waals surface area (Å²) in [6.07, 6.45) is 5.41. The molecule has 0 aliphatic heterocycles. The third kappa shape index (κ3) is 1.74. The number of carbonyl (C=O) groups is 1. The number of rotatable bonds is 2. The molecule has 0 heterocycles. The highest BCUT2D eigenvalue weighted by atomic mass is 16.4. The third-order valence-electron chi connectivity index (χ3n) is 2.08. The van der Waals surface area contributed by atoms with Gasteiger partial charge in [-0.15, -0.1) is 0 Å². The number of carboxylic acids is 1. The number of allylic oxidation sites excluding steroid dienone is 1. The van der Waals surface area contributed by atoms with E-state index < -0.39 is 5.97 Å². The van der Waals surface area contributed by atoms with Crippen LogP contribution in [0.2, 0.25) is 0 Å². The van der Waals surface area contributed by atoms with Crippen LogP contribution < -0.4 is 5.73 Å². The molecule has 0 spiro atoms. The molecule has 0 aromatic rings. The topological polar surface area (TPSA) is 63.3 Å². The fraction of sp³-hybridized carbons (Fsp3) is 0.444. The number of carboxylic acid groups (broad SMARTS) is 1. The molecule has 0 saturated heterocycles. The highest BCUT2D eigenvalue weighted by Gasteiger charge is 2.22. The maximum absolute atomic E-state index is 10.6. The van der Waals surface area contributed by atoms with E-state index in [1.54, 1.807) is 12.2 Å². The van der Waals surface area contributed by atoms with Gasteiger partial charge in [0.25, 0.3) is 0 Å². The summed E-state index contributed by atoms with van der Waals surface area (Å²) in [5, 5.41) is 8.76. The molecule has 0 aromatic carbocycles. The van der Waals surface area contributed by atoms with Crippen LogP contribution >= 0.6 is 0 Å². The molecule has 0 bridgehead atoms. The second-order valence-electron chi connectivity index (χ2n) is 3.03. The van der Waals surface area contributed by atoms with Crippen molar-refractivity contribution in [2.75, 3.05) is 6.54 Å². The van der Waals surface area contributed by atoms with Gasteiger partial charge in [0, 0.05) is 6.54 Å². The summed E-state index contributed by atoms with van der Waals surface area (Å²) in [5.74, 6) is -1.11. The molecule has 2 atom stereocenters. The predicted octanol–water partition coefficient (Wildman–Crippen LogP) is 0.778. The van der Waals surface area contributed by atoms with Gasteiger partial charge in [0.05, 0.1) is 5.92 Å². The van der Waals surface area contributed by atoms with Gasteiger partial charge in [0.15, 0.2) is 0 Å². The summed E-state index contributed by atoms with van der Waals surface area (Å²) >= 11 is 0. The summed E-state index contributed by atoms with van der Waals surface area (Å²) in [4.78, 5) is 10.6. The number of nitrogens with two attached hydrogens (primary N) is 1. The van der Waals surface area contributed by atoms with Crippen LogP contribution in [0.15, 0.2) is 23.8 Å². The van der Waals surface area contributed by atoms with E-state index in [1.807, 2.05) is 13.0 Å². The smallest absolute Gasteiger partial charge is 0.310 e. The molecule has 0 amide bonds. The molecule has 0 aromatic heterocycles. The second-order valence-corrected chi connectivity index (χ2v) is 3.03. The Morgan fingerprint density at radius 3 is 2.83 bits per heavy atom. The molecule has 0 fully saturated rings. The van der Waals surface area contributed by atoms with Crippen LogP contribution in [-0.2, 0) is 4.79 Å². The van der Waals surface area contributed by atoms with Gasteiger partial charge in [-0.3, -0.25) is 4.79 Å². The summed E-state index contributed by atoms with van der Waals surface area (Å²) < 4.78 is 0. The molecule has 3 heteroatoms. The Morgan fingerprint density at radius 2 is 2.42 bits per heavy atom. The van der Waals surface area contributed by atoms with Crippen LogP contribution in [0.1, 0.15) is 6.92 Å². The lowest BCUT2D eigenvalue weighted by atomic mass is 9.87. The molecule has 2 unspecified atom stereocenters.